The van der Waals surface area contributed by atoms with E-state index in [4.69, 9.17) is 15.4 Å². The second-order valence-corrected chi connectivity index (χ2v) is 14.1. The van der Waals surface area contributed by atoms with E-state index in [0.29, 0.717) is 22.7 Å². The van der Waals surface area contributed by atoms with Gasteiger partial charge in [-0.15, -0.1) is 0 Å². The van der Waals surface area contributed by atoms with Crippen molar-refractivity contribution < 1.29 is 8.83 Å². The van der Waals surface area contributed by atoms with Gasteiger partial charge in [0.2, 0.25) is 11.4 Å². The van der Waals surface area contributed by atoms with Crippen LogP contribution in [0.3, 0.4) is 0 Å². The Labute approximate surface area is 331 Å². The molecule has 0 spiro atoms. The summed E-state index contributed by atoms with van der Waals surface area (Å²) in [6, 6.07) is 55.2. The topological polar surface area (TPSA) is 86.7 Å². The van der Waals surface area contributed by atoms with Crippen molar-refractivity contribution in [3.63, 3.8) is 0 Å². The zero-order chi connectivity index (χ0) is 38.7. The van der Waals surface area contributed by atoms with Crippen LogP contribution in [0.25, 0.3) is 70.5 Å². The molecule has 11 aromatic rings. The van der Waals surface area contributed by atoms with Gasteiger partial charge < -0.3 is 18.6 Å². The summed E-state index contributed by atoms with van der Waals surface area (Å²) < 4.78 is 12.4. The van der Waals surface area contributed by atoms with Crippen molar-refractivity contribution in [2.24, 2.45) is 0 Å². The Morgan fingerprint density at radius 1 is 0.466 bits per heavy atom. The standard InChI is InChI=1S/C50H28N6O2/c1-52-34-10-14-36(15-11-34)56(40-19-23-44-46-5-3-25-54-50(46)58-48(44)29-40)38-17-21-42-33(27-38)9-8-32-26-37(16-20-41(32)42)55(35-12-6-31(30-51)7-13-35)39-18-22-43-45-4-2-24-53-49(45)57-47(43)28-39/h2-29H. The Morgan fingerprint density at radius 2 is 0.897 bits per heavy atom. The first-order valence-corrected chi connectivity index (χ1v) is 18.7. The normalized spacial score (nSPS) is 11.4. The molecule has 7 aromatic carbocycles. The Morgan fingerprint density at radius 3 is 1.36 bits per heavy atom. The number of fused-ring (bicyclic) bond motifs is 9. The smallest absolute Gasteiger partial charge is 0.227 e. The fourth-order valence-corrected chi connectivity index (χ4v) is 8.06. The van der Waals surface area contributed by atoms with E-state index in [1.54, 1.807) is 12.4 Å². The SMILES string of the molecule is [C-]#[N+]c1ccc(N(c2ccc3c(ccc4cc(N(c5ccc(C#N)cc5)c5ccc6c(c5)oc5ncccc56)ccc43)c2)c2ccc3c(c2)oc2ncccc23)cc1. The monoisotopic (exact) mass is 744 g/mol. The van der Waals surface area contributed by atoms with Gasteiger partial charge in [-0.3, -0.25) is 0 Å². The molecular formula is C50H28N6O2. The molecule has 4 aromatic heterocycles. The van der Waals surface area contributed by atoms with E-state index >= 15 is 0 Å². The predicted molar refractivity (Wildman–Crippen MR) is 232 cm³/mol. The van der Waals surface area contributed by atoms with Crippen LogP contribution in [-0.4, -0.2) is 9.97 Å². The Bertz CT molecular complexity index is 3270. The van der Waals surface area contributed by atoms with Gasteiger partial charge in [-0.25, -0.2) is 14.8 Å². The number of benzene rings is 7. The molecule has 0 unspecified atom stereocenters. The first-order valence-electron chi connectivity index (χ1n) is 18.7. The number of nitriles is 1. The van der Waals surface area contributed by atoms with E-state index in [0.717, 1.165) is 88.4 Å². The highest BCUT2D eigenvalue weighted by molar-refractivity contribution is 6.11. The van der Waals surface area contributed by atoms with E-state index in [9.17, 15) is 5.26 Å². The first-order chi connectivity index (χ1) is 28.6. The fourth-order valence-electron chi connectivity index (χ4n) is 8.06. The van der Waals surface area contributed by atoms with Gasteiger partial charge in [-0.05, 0) is 131 Å². The van der Waals surface area contributed by atoms with Crippen LogP contribution >= 0.6 is 0 Å². The van der Waals surface area contributed by atoms with Crippen LogP contribution in [0.2, 0.25) is 0 Å². The average Bonchev–Trinajstić information content (AvgIpc) is 3.84. The summed E-state index contributed by atoms with van der Waals surface area (Å²) in [6.45, 7) is 7.51. The molecule has 0 radical (unpaired) electrons. The number of hydrogen-bond acceptors (Lipinski definition) is 7. The highest BCUT2D eigenvalue weighted by Crippen LogP contribution is 2.43. The quantitative estimate of drug-likeness (QED) is 0.124. The summed E-state index contributed by atoms with van der Waals surface area (Å²) in [5, 5.41) is 17.9. The summed E-state index contributed by atoms with van der Waals surface area (Å²) in [5.41, 5.74) is 9.50. The number of anilines is 6. The van der Waals surface area contributed by atoms with Crippen LogP contribution in [0.4, 0.5) is 39.8 Å². The van der Waals surface area contributed by atoms with Crippen molar-refractivity contribution in [3.8, 4) is 6.07 Å². The lowest BCUT2D eigenvalue weighted by Gasteiger charge is -2.26. The second kappa shape index (κ2) is 13.1. The van der Waals surface area contributed by atoms with E-state index in [1.165, 1.54) is 0 Å². The molecule has 0 saturated carbocycles. The number of hydrogen-bond donors (Lipinski definition) is 0. The van der Waals surface area contributed by atoms with Gasteiger partial charge in [0.05, 0.1) is 18.2 Å². The van der Waals surface area contributed by atoms with Crippen LogP contribution in [0, 0.1) is 17.9 Å². The summed E-state index contributed by atoms with van der Waals surface area (Å²) in [4.78, 5) is 16.8. The summed E-state index contributed by atoms with van der Waals surface area (Å²) in [6.07, 6.45) is 3.48. The third-order valence-corrected chi connectivity index (χ3v) is 10.8. The molecule has 0 saturated heterocycles. The Balaban J connectivity index is 1.02. The molecule has 0 aliphatic rings. The molecule has 0 atom stereocenters. The maximum absolute atomic E-state index is 9.54. The van der Waals surface area contributed by atoms with Crippen molar-refractivity contribution in [1.82, 2.24) is 9.97 Å². The second-order valence-electron chi connectivity index (χ2n) is 14.1. The zero-order valence-electron chi connectivity index (χ0n) is 30.7. The lowest BCUT2D eigenvalue weighted by molar-refractivity contribution is 0.653. The van der Waals surface area contributed by atoms with Crippen molar-refractivity contribution in [2.75, 3.05) is 9.80 Å². The minimum Gasteiger partial charge on any atom is -0.438 e. The zero-order valence-corrected chi connectivity index (χ0v) is 30.7. The summed E-state index contributed by atoms with van der Waals surface area (Å²) in [7, 11) is 0. The number of pyridine rings is 2. The molecule has 0 aliphatic carbocycles. The van der Waals surface area contributed by atoms with Crippen LogP contribution in [0.15, 0.2) is 179 Å². The Hall–Kier alpha value is -8.46. The van der Waals surface area contributed by atoms with Gasteiger partial charge in [0.15, 0.2) is 5.69 Å². The fraction of sp³-hybridized carbons (Fsp3) is 0. The lowest BCUT2D eigenvalue weighted by Crippen LogP contribution is -2.10. The van der Waals surface area contributed by atoms with Gasteiger partial charge >= 0.3 is 0 Å². The van der Waals surface area contributed by atoms with Crippen molar-refractivity contribution in [2.45, 2.75) is 0 Å². The van der Waals surface area contributed by atoms with Gasteiger partial charge in [0, 0.05) is 80.2 Å². The maximum atomic E-state index is 9.54. The number of aromatic nitrogens is 2. The minimum absolute atomic E-state index is 0.581. The molecule has 270 valence electrons. The maximum Gasteiger partial charge on any atom is 0.227 e. The molecule has 0 amide bonds. The van der Waals surface area contributed by atoms with Crippen LogP contribution in [0.5, 0.6) is 0 Å². The predicted octanol–water partition coefficient (Wildman–Crippen LogP) is 13.9. The Kier molecular flexibility index (Phi) is 7.43. The molecule has 0 N–H and O–H groups in total. The van der Waals surface area contributed by atoms with Gasteiger partial charge in [0.25, 0.3) is 0 Å². The molecule has 8 heteroatoms. The highest BCUT2D eigenvalue weighted by atomic mass is 16.3. The lowest BCUT2D eigenvalue weighted by atomic mass is 10.00. The van der Waals surface area contributed by atoms with Crippen molar-refractivity contribution in [1.29, 1.82) is 5.26 Å². The average molecular weight is 745 g/mol. The molecule has 0 fully saturated rings. The van der Waals surface area contributed by atoms with Gasteiger partial charge in [0.1, 0.15) is 11.2 Å². The van der Waals surface area contributed by atoms with Gasteiger partial charge in [-0.2, -0.15) is 5.26 Å². The summed E-state index contributed by atoms with van der Waals surface area (Å²) >= 11 is 0. The van der Waals surface area contributed by atoms with Gasteiger partial charge in [-0.1, -0.05) is 36.4 Å². The van der Waals surface area contributed by atoms with E-state index < -0.39 is 0 Å². The molecule has 4 heterocycles. The van der Waals surface area contributed by atoms with E-state index in [-0.39, 0.29) is 0 Å². The number of nitrogens with zero attached hydrogens (tertiary/aromatic N) is 6. The van der Waals surface area contributed by atoms with Crippen LogP contribution in [-0.2, 0) is 0 Å². The summed E-state index contributed by atoms with van der Waals surface area (Å²) in [5.74, 6) is 0. The molecule has 0 bridgehead atoms. The molecule has 11 rings (SSSR count). The molecule has 0 aliphatic heterocycles. The number of rotatable bonds is 6. The highest BCUT2D eigenvalue weighted by Gasteiger charge is 2.19. The third kappa shape index (κ3) is 5.36. The van der Waals surface area contributed by atoms with E-state index in [1.807, 2.05) is 84.9 Å². The molecule has 58 heavy (non-hydrogen) atoms. The van der Waals surface area contributed by atoms with Crippen molar-refractivity contribution in [3.05, 3.63) is 187 Å². The third-order valence-electron chi connectivity index (χ3n) is 10.8. The molecule has 8 nitrogen and oxygen atoms in total. The van der Waals surface area contributed by atoms with E-state index in [2.05, 4.69) is 103 Å². The van der Waals surface area contributed by atoms with Crippen LogP contribution in [0.1, 0.15) is 5.56 Å². The van der Waals surface area contributed by atoms with Crippen LogP contribution < -0.4 is 9.80 Å². The largest absolute Gasteiger partial charge is 0.438 e. The molecular weight excluding hydrogens is 717 g/mol. The van der Waals surface area contributed by atoms with Crippen molar-refractivity contribution >= 4 is 105 Å². The first kappa shape index (κ1) is 32.9. The minimum atomic E-state index is 0.581. The number of furan rings is 2.